The van der Waals surface area contributed by atoms with Crippen molar-refractivity contribution in [2.24, 2.45) is 5.73 Å². The number of rotatable bonds is 1. The summed E-state index contributed by atoms with van der Waals surface area (Å²) >= 11 is 0. The Morgan fingerprint density at radius 3 is 2.45 bits per heavy atom. The van der Waals surface area contributed by atoms with Gasteiger partial charge in [0.15, 0.2) is 0 Å². The molecule has 0 aromatic carbocycles. The normalized spacial score (nSPS) is 44.3. The van der Waals surface area contributed by atoms with Gasteiger partial charge in [0.1, 0.15) is 11.6 Å². The van der Waals surface area contributed by atoms with E-state index in [2.05, 4.69) is 5.32 Å². The van der Waals surface area contributed by atoms with Crippen molar-refractivity contribution in [1.82, 2.24) is 5.32 Å². The first-order valence-corrected chi connectivity index (χ1v) is 3.39. The van der Waals surface area contributed by atoms with E-state index >= 15 is 0 Å². The van der Waals surface area contributed by atoms with Crippen molar-refractivity contribution in [1.29, 1.82) is 0 Å². The molecule has 1 saturated heterocycles. The first kappa shape index (κ1) is 8.45. The fraction of sp³-hybridized carbons (Fsp3) is 0.833. The van der Waals surface area contributed by atoms with E-state index < -0.39 is 23.7 Å². The minimum atomic E-state index is -1.18. The predicted molar refractivity (Wildman–Crippen MR) is 37.6 cm³/mol. The topological polar surface area (TPSA) is 95.6 Å². The monoisotopic (exact) mass is 160 g/mol. The lowest BCUT2D eigenvalue weighted by molar-refractivity contribution is -0.127. The van der Waals surface area contributed by atoms with E-state index in [-0.39, 0.29) is 6.54 Å². The van der Waals surface area contributed by atoms with Crippen molar-refractivity contribution >= 4 is 5.91 Å². The largest absolute Gasteiger partial charge is 0.389 e. The highest BCUT2D eigenvalue weighted by Gasteiger charge is 2.47. The zero-order valence-corrected chi connectivity index (χ0v) is 6.24. The van der Waals surface area contributed by atoms with Gasteiger partial charge in [0.25, 0.3) is 0 Å². The van der Waals surface area contributed by atoms with Gasteiger partial charge in [-0.1, -0.05) is 0 Å². The van der Waals surface area contributed by atoms with E-state index in [0.29, 0.717) is 0 Å². The Balaban J connectivity index is 2.81. The summed E-state index contributed by atoms with van der Waals surface area (Å²) in [6.45, 7) is 1.66. The summed E-state index contributed by atoms with van der Waals surface area (Å²) in [5.41, 5.74) is 3.83. The second-order valence-corrected chi connectivity index (χ2v) is 2.96. The molecule has 64 valence electrons. The molecule has 0 saturated carbocycles. The number of primary amides is 1. The van der Waals surface area contributed by atoms with E-state index in [9.17, 15) is 9.90 Å². The molecule has 5 N–H and O–H groups in total. The number of carbonyl (C=O) groups is 1. The van der Waals surface area contributed by atoms with Gasteiger partial charge < -0.3 is 15.9 Å². The average molecular weight is 160 g/mol. The number of amides is 1. The Morgan fingerprint density at radius 1 is 1.73 bits per heavy atom. The quantitative estimate of drug-likeness (QED) is 0.342. The molecule has 0 spiro atoms. The first-order valence-electron chi connectivity index (χ1n) is 3.39. The highest BCUT2D eigenvalue weighted by Crippen LogP contribution is 2.18. The van der Waals surface area contributed by atoms with Crippen molar-refractivity contribution in [3.63, 3.8) is 0 Å². The lowest BCUT2D eigenvalue weighted by Crippen LogP contribution is -2.56. The van der Waals surface area contributed by atoms with Crippen LogP contribution in [-0.2, 0) is 4.79 Å². The Morgan fingerprint density at radius 2 is 2.27 bits per heavy atom. The third-order valence-electron chi connectivity index (χ3n) is 2.15. The van der Waals surface area contributed by atoms with Gasteiger partial charge in [0.05, 0.1) is 6.10 Å². The van der Waals surface area contributed by atoms with Crippen LogP contribution < -0.4 is 11.1 Å². The van der Waals surface area contributed by atoms with Crippen molar-refractivity contribution in [2.45, 2.75) is 24.7 Å². The number of aliphatic hydroxyl groups excluding tert-OH is 2. The smallest absolute Gasteiger partial charge is 0.240 e. The summed E-state index contributed by atoms with van der Waals surface area (Å²) in [5, 5.41) is 21.0. The highest BCUT2D eigenvalue weighted by atomic mass is 16.3. The molecule has 1 heterocycles. The Hall–Kier alpha value is -0.650. The average Bonchev–Trinajstić information content (AvgIpc) is 2.18. The van der Waals surface area contributed by atoms with Crippen molar-refractivity contribution in [2.75, 3.05) is 6.54 Å². The summed E-state index contributed by atoms with van der Waals surface area (Å²) < 4.78 is 0. The minimum absolute atomic E-state index is 0.195. The number of nitrogens with two attached hydrogens (primary N) is 1. The Labute approximate surface area is 64.2 Å². The standard InChI is InChI=1S/C6H12N2O3/c1-6(5(7)11)4(10)3(9)2-8-6/h3-4,8-10H,2H2,1H3,(H2,7,11). The van der Waals surface area contributed by atoms with Gasteiger partial charge in [-0.2, -0.15) is 0 Å². The van der Waals surface area contributed by atoms with Gasteiger partial charge in [0, 0.05) is 6.54 Å². The molecule has 0 aromatic heterocycles. The molecule has 5 nitrogen and oxygen atoms in total. The fourth-order valence-corrected chi connectivity index (χ4v) is 1.15. The maximum Gasteiger partial charge on any atom is 0.240 e. The molecule has 11 heavy (non-hydrogen) atoms. The summed E-state index contributed by atoms with van der Waals surface area (Å²) in [7, 11) is 0. The molecule has 0 radical (unpaired) electrons. The first-order chi connectivity index (χ1) is 4.98. The fourth-order valence-electron chi connectivity index (χ4n) is 1.15. The molecule has 0 aromatic rings. The summed E-state index contributed by atoms with van der Waals surface area (Å²) in [6.07, 6.45) is -2.02. The highest BCUT2D eigenvalue weighted by molar-refractivity contribution is 5.85. The molecule has 1 amide bonds. The van der Waals surface area contributed by atoms with Gasteiger partial charge in [-0.25, -0.2) is 0 Å². The molecule has 1 fully saturated rings. The SMILES string of the molecule is CC1(C(N)=O)NCC(O)C1O. The van der Waals surface area contributed by atoms with Gasteiger partial charge in [-0.15, -0.1) is 0 Å². The molecule has 1 aliphatic heterocycles. The Kier molecular flexibility index (Phi) is 1.87. The molecule has 1 aliphatic rings. The Bertz CT molecular complexity index is 185. The number of β-amino-alcohol motifs (C(OH)–C–C–N with tert-alkyl or cyclic N) is 1. The maximum absolute atomic E-state index is 10.8. The van der Waals surface area contributed by atoms with Crippen molar-refractivity contribution in [3.05, 3.63) is 0 Å². The van der Waals surface area contributed by atoms with E-state index in [1.165, 1.54) is 6.92 Å². The van der Waals surface area contributed by atoms with E-state index in [1.807, 2.05) is 0 Å². The predicted octanol–water partition coefficient (Wildman–Crippen LogP) is -2.44. The maximum atomic E-state index is 10.8. The van der Waals surface area contributed by atoms with E-state index in [1.54, 1.807) is 0 Å². The van der Waals surface area contributed by atoms with Crippen LogP contribution in [0.3, 0.4) is 0 Å². The molecule has 0 bridgehead atoms. The number of hydrogen-bond acceptors (Lipinski definition) is 4. The minimum Gasteiger partial charge on any atom is -0.389 e. The lowest BCUT2D eigenvalue weighted by atomic mass is 9.95. The van der Waals surface area contributed by atoms with E-state index in [0.717, 1.165) is 0 Å². The summed E-state index contributed by atoms with van der Waals surface area (Å²) in [6, 6.07) is 0. The molecule has 5 heteroatoms. The van der Waals surface area contributed by atoms with E-state index in [4.69, 9.17) is 10.8 Å². The zero-order valence-electron chi connectivity index (χ0n) is 6.24. The molecular formula is C6H12N2O3. The number of aliphatic hydroxyl groups is 2. The second kappa shape index (κ2) is 2.44. The van der Waals surface area contributed by atoms with Crippen LogP contribution in [0.25, 0.3) is 0 Å². The summed E-state index contributed by atoms with van der Waals surface area (Å²) in [5.74, 6) is -0.651. The van der Waals surface area contributed by atoms with Gasteiger partial charge >= 0.3 is 0 Å². The van der Waals surface area contributed by atoms with Gasteiger partial charge in [-0.05, 0) is 6.92 Å². The molecular weight excluding hydrogens is 148 g/mol. The van der Waals surface area contributed by atoms with Crippen molar-refractivity contribution < 1.29 is 15.0 Å². The van der Waals surface area contributed by atoms with Crippen LogP contribution >= 0.6 is 0 Å². The van der Waals surface area contributed by atoms with Crippen LogP contribution in [0.2, 0.25) is 0 Å². The molecule has 1 rings (SSSR count). The number of hydrogen-bond donors (Lipinski definition) is 4. The van der Waals surface area contributed by atoms with Crippen LogP contribution in [0.1, 0.15) is 6.92 Å². The number of carbonyl (C=O) groups excluding carboxylic acids is 1. The third kappa shape index (κ3) is 1.11. The van der Waals surface area contributed by atoms with Crippen LogP contribution in [-0.4, -0.2) is 40.4 Å². The van der Waals surface area contributed by atoms with Gasteiger partial charge in [0.2, 0.25) is 5.91 Å². The molecule has 3 atom stereocenters. The molecule has 0 aliphatic carbocycles. The number of nitrogens with one attached hydrogen (secondary N) is 1. The lowest BCUT2D eigenvalue weighted by Gasteiger charge is -2.24. The van der Waals surface area contributed by atoms with Crippen LogP contribution in [0.5, 0.6) is 0 Å². The van der Waals surface area contributed by atoms with Crippen molar-refractivity contribution in [3.8, 4) is 0 Å². The second-order valence-electron chi connectivity index (χ2n) is 2.96. The molecule has 3 unspecified atom stereocenters. The van der Waals surface area contributed by atoms with Crippen LogP contribution in [0.4, 0.5) is 0 Å². The van der Waals surface area contributed by atoms with Gasteiger partial charge in [-0.3, -0.25) is 10.1 Å². The van der Waals surface area contributed by atoms with Crippen LogP contribution in [0, 0.1) is 0 Å². The zero-order chi connectivity index (χ0) is 8.65. The van der Waals surface area contributed by atoms with Crippen LogP contribution in [0.15, 0.2) is 0 Å². The summed E-state index contributed by atoms with van der Waals surface area (Å²) in [4.78, 5) is 10.8. The third-order valence-corrected chi connectivity index (χ3v) is 2.15.